The number of rotatable bonds is 5. The lowest BCUT2D eigenvalue weighted by Crippen LogP contribution is -2.58. The monoisotopic (exact) mass is 345 g/mol. The number of para-hydroxylation sites is 1. The Bertz CT molecular complexity index is 814. The summed E-state index contributed by atoms with van der Waals surface area (Å²) in [5.41, 5.74) is 2.26. The molecule has 1 N–H and O–H groups in total. The van der Waals surface area contributed by atoms with Crippen molar-refractivity contribution in [2.75, 3.05) is 17.8 Å². The fourth-order valence-corrected chi connectivity index (χ4v) is 3.86. The summed E-state index contributed by atoms with van der Waals surface area (Å²) in [6.07, 6.45) is 1.92. The van der Waals surface area contributed by atoms with Gasteiger partial charge in [-0.1, -0.05) is 24.3 Å². The Morgan fingerprint density at radius 2 is 1.92 bits per heavy atom. The number of pyridine rings is 1. The third-order valence-corrected chi connectivity index (χ3v) is 5.70. The Morgan fingerprint density at radius 1 is 1.21 bits per heavy atom. The zero-order valence-corrected chi connectivity index (χ0v) is 14.2. The molecule has 1 aromatic carbocycles. The smallest absolute Gasteiger partial charge is 0.239 e. The third-order valence-electron chi connectivity index (χ3n) is 4.00. The first-order chi connectivity index (χ1) is 11.4. The number of carbonyl (C=O) groups is 1. The number of hydrogen-bond donors (Lipinski definition) is 1. The molecule has 0 aliphatic carbocycles. The molecular weight excluding hydrogens is 326 g/mol. The highest BCUT2D eigenvalue weighted by molar-refractivity contribution is 7.93. The van der Waals surface area contributed by atoms with Gasteiger partial charge in [-0.25, -0.2) is 8.42 Å². The molecule has 1 amide bonds. The summed E-state index contributed by atoms with van der Waals surface area (Å²) < 4.78 is 27.1. The van der Waals surface area contributed by atoms with Crippen molar-refractivity contribution in [3.8, 4) is 0 Å². The van der Waals surface area contributed by atoms with Crippen LogP contribution in [0.25, 0.3) is 0 Å². The van der Waals surface area contributed by atoms with Crippen LogP contribution in [-0.4, -0.2) is 42.5 Å². The van der Waals surface area contributed by atoms with Crippen LogP contribution in [-0.2, 0) is 21.2 Å². The van der Waals surface area contributed by atoms with Gasteiger partial charge >= 0.3 is 0 Å². The van der Waals surface area contributed by atoms with Crippen LogP contribution in [0.4, 0.5) is 5.69 Å². The van der Waals surface area contributed by atoms with Crippen molar-refractivity contribution in [2.45, 2.75) is 18.6 Å². The van der Waals surface area contributed by atoms with E-state index in [1.54, 1.807) is 35.4 Å². The number of aromatic nitrogens is 1. The van der Waals surface area contributed by atoms with Crippen molar-refractivity contribution in [2.24, 2.45) is 0 Å². The molecule has 126 valence electrons. The third kappa shape index (κ3) is 3.73. The SMILES string of the molecule is Cc1ccc(CC(=O)N2CC(S(=O)(=O)Nc3ccccc3)C2)cn1. The molecule has 1 saturated heterocycles. The molecule has 0 spiro atoms. The molecule has 0 atom stereocenters. The van der Waals surface area contributed by atoms with E-state index in [0.29, 0.717) is 5.69 Å². The molecule has 0 radical (unpaired) electrons. The Labute approximate surface area is 141 Å². The second-order valence-electron chi connectivity index (χ2n) is 5.92. The van der Waals surface area contributed by atoms with Crippen LogP contribution in [0, 0.1) is 6.92 Å². The van der Waals surface area contributed by atoms with Gasteiger partial charge in [0.05, 0.1) is 6.42 Å². The Morgan fingerprint density at radius 3 is 2.54 bits per heavy atom. The first-order valence-corrected chi connectivity index (χ1v) is 9.25. The number of carbonyl (C=O) groups excluding carboxylic acids is 1. The van der Waals surface area contributed by atoms with Crippen molar-refractivity contribution in [3.63, 3.8) is 0 Å². The summed E-state index contributed by atoms with van der Waals surface area (Å²) in [4.78, 5) is 17.9. The fraction of sp³-hybridized carbons (Fsp3) is 0.294. The zero-order valence-electron chi connectivity index (χ0n) is 13.3. The Hall–Kier alpha value is -2.41. The number of sulfonamides is 1. The van der Waals surface area contributed by atoms with Gasteiger partial charge in [0.1, 0.15) is 5.25 Å². The van der Waals surface area contributed by atoms with E-state index < -0.39 is 15.3 Å². The molecule has 2 aromatic rings. The van der Waals surface area contributed by atoms with Crippen molar-refractivity contribution in [1.29, 1.82) is 0 Å². The number of amides is 1. The van der Waals surface area contributed by atoms with E-state index in [0.717, 1.165) is 11.3 Å². The topological polar surface area (TPSA) is 79.4 Å². The normalized spacial score (nSPS) is 15.0. The zero-order chi connectivity index (χ0) is 17.2. The number of likely N-dealkylation sites (tertiary alicyclic amines) is 1. The Balaban J connectivity index is 1.54. The quantitative estimate of drug-likeness (QED) is 0.892. The first kappa shape index (κ1) is 16.4. The first-order valence-electron chi connectivity index (χ1n) is 7.70. The molecule has 0 saturated carbocycles. The summed E-state index contributed by atoms with van der Waals surface area (Å²) in [6, 6.07) is 12.5. The summed E-state index contributed by atoms with van der Waals surface area (Å²) in [5.74, 6) is -0.0770. The molecule has 7 heteroatoms. The number of hydrogen-bond acceptors (Lipinski definition) is 4. The molecule has 1 aliphatic heterocycles. The maximum atomic E-state index is 12.3. The molecule has 0 unspecified atom stereocenters. The molecule has 1 fully saturated rings. The van der Waals surface area contributed by atoms with E-state index in [4.69, 9.17) is 0 Å². The molecule has 6 nitrogen and oxygen atoms in total. The minimum atomic E-state index is -3.48. The number of aryl methyl sites for hydroxylation is 1. The Kier molecular flexibility index (Phi) is 4.53. The van der Waals surface area contributed by atoms with E-state index in [2.05, 4.69) is 9.71 Å². The van der Waals surface area contributed by atoms with Crippen LogP contribution in [0.2, 0.25) is 0 Å². The van der Waals surface area contributed by atoms with Crippen molar-refractivity contribution < 1.29 is 13.2 Å². The lowest BCUT2D eigenvalue weighted by atomic mass is 10.1. The molecule has 24 heavy (non-hydrogen) atoms. The van der Waals surface area contributed by atoms with E-state index in [1.165, 1.54) is 0 Å². The summed E-state index contributed by atoms with van der Waals surface area (Å²) in [5, 5.41) is -0.571. The number of nitrogens with one attached hydrogen (secondary N) is 1. The van der Waals surface area contributed by atoms with Crippen LogP contribution in [0.5, 0.6) is 0 Å². The molecule has 3 rings (SSSR count). The predicted octanol–water partition coefficient (Wildman–Crippen LogP) is 1.59. The second kappa shape index (κ2) is 6.60. The summed E-state index contributed by atoms with van der Waals surface area (Å²) >= 11 is 0. The van der Waals surface area contributed by atoms with Crippen molar-refractivity contribution in [1.82, 2.24) is 9.88 Å². The highest BCUT2D eigenvalue weighted by Gasteiger charge is 2.39. The van der Waals surface area contributed by atoms with E-state index in [1.807, 2.05) is 25.1 Å². The maximum absolute atomic E-state index is 12.3. The van der Waals surface area contributed by atoms with Crippen molar-refractivity contribution >= 4 is 21.6 Å². The van der Waals surface area contributed by atoms with Crippen LogP contribution in [0.15, 0.2) is 48.7 Å². The van der Waals surface area contributed by atoms with Gasteiger partial charge in [-0.2, -0.15) is 0 Å². The minimum Gasteiger partial charge on any atom is -0.340 e. The van der Waals surface area contributed by atoms with Gasteiger partial charge in [0.2, 0.25) is 15.9 Å². The van der Waals surface area contributed by atoms with Gasteiger partial charge in [-0.05, 0) is 30.7 Å². The lowest BCUT2D eigenvalue weighted by Gasteiger charge is -2.38. The lowest BCUT2D eigenvalue weighted by molar-refractivity contribution is -0.133. The second-order valence-corrected chi connectivity index (χ2v) is 7.88. The predicted molar refractivity (Wildman–Crippen MR) is 92.0 cm³/mol. The van der Waals surface area contributed by atoms with Crippen LogP contribution in [0.3, 0.4) is 0 Å². The average molecular weight is 345 g/mol. The number of nitrogens with zero attached hydrogens (tertiary/aromatic N) is 2. The van der Waals surface area contributed by atoms with Gasteiger partial charge in [-0.15, -0.1) is 0 Å². The van der Waals surface area contributed by atoms with Crippen molar-refractivity contribution in [3.05, 3.63) is 59.9 Å². The van der Waals surface area contributed by atoms with Gasteiger partial charge in [0.25, 0.3) is 0 Å². The van der Waals surface area contributed by atoms with E-state index in [-0.39, 0.29) is 25.4 Å². The standard InChI is InChI=1S/C17H19N3O3S/c1-13-7-8-14(10-18-13)9-17(21)20-11-16(12-20)24(22,23)19-15-5-3-2-4-6-15/h2-8,10,16,19H,9,11-12H2,1H3. The van der Waals surface area contributed by atoms with E-state index in [9.17, 15) is 13.2 Å². The summed E-state index contributed by atoms with van der Waals surface area (Å²) in [7, 11) is -3.48. The summed E-state index contributed by atoms with van der Waals surface area (Å²) in [6.45, 7) is 2.33. The van der Waals surface area contributed by atoms with Crippen LogP contribution < -0.4 is 4.72 Å². The maximum Gasteiger partial charge on any atom is 0.239 e. The molecule has 1 aliphatic rings. The highest BCUT2D eigenvalue weighted by Crippen LogP contribution is 2.20. The molecular formula is C17H19N3O3S. The van der Waals surface area contributed by atoms with Gasteiger partial charge in [0, 0.05) is 30.7 Å². The number of anilines is 1. The molecule has 2 heterocycles. The van der Waals surface area contributed by atoms with Gasteiger partial charge < -0.3 is 4.90 Å². The average Bonchev–Trinajstić information content (AvgIpc) is 2.48. The highest BCUT2D eigenvalue weighted by atomic mass is 32.2. The molecule has 0 bridgehead atoms. The van der Waals surface area contributed by atoms with Gasteiger partial charge in [0.15, 0.2) is 0 Å². The van der Waals surface area contributed by atoms with Crippen LogP contribution >= 0.6 is 0 Å². The fourth-order valence-electron chi connectivity index (χ4n) is 2.48. The van der Waals surface area contributed by atoms with E-state index >= 15 is 0 Å². The largest absolute Gasteiger partial charge is 0.340 e. The minimum absolute atomic E-state index is 0.0770. The van der Waals surface area contributed by atoms with Gasteiger partial charge in [-0.3, -0.25) is 14.5 Å². The molecule has 1 aromatic heterocycles. The van der Waals surface area contributed by atoms with Crippen LogP contribution in [0.1, 0.15) is 11.3 Å². The number of benzene rings is 1.